The second-order valence-electron chi connectivity index (χ2n) is 4.35. The monoisotopic (exact) mass is 264 g/mol. The Bertz CT molecular complexity index is 655. The topological polar surface area (TPSA) is 54.4 Å². The first-order chi connectivity index (χ1) is 8.54. The summed E-state index contributed by atoms with van der Waals surface area (Å²) in [5.74, 6) is 0. The minimum Gasteiger partial charge on any atom is -0.282 e. The highest BCUT2D eigenvalue weighted by molar-refractivity contribution is 7.86. The number of hydrogen-bond acceptors (Lipinski definition) is 2. The molecule has 3 nitrogen and oxygen atoms in total. The van der Waals surface area contributed by atoms with Crippen LogP contribution in [-0.4, -0.2) is 13.0 Å². The second-order valence-corrected chi connectivity index (χ2v) is 5.74. The molecule has 0 aliphatic rings. The molecule has 0 amide bonds. The van der Waals surface area contributed by atoms with Gasteiger partial charge in [-0.15, -0.1) is 0 Å². The molecule has 0 aliphatic carbocycles. The fraction of sp³-hybridized carbons (Fsp3) is 0.286. The van der Waals surface area contributed by atoms with Crippen LogP contribution >= 0.6 is 0 Å². The summed E-state index contributed by atoms with van der Waals surface area (Å²) in [5.41, 5.74) is 0.975. The van der Waals surface area contributed by atoms with Crippen LogP contribution in [0, 0.1) is 0 Å². The van der Waals surface area contributed by atoms with E-state index in [2.05, 4.69) is 6.92 Å². The SMILES string of the molecule is CCCCc1cccc2cccc(S(=O)(=O)O)c12. The summed E-state index contributed by atoms with van der Waals surface area (Å²) in [6.45, 7) is 2.09. The van der Waals surface area contributed by atoms with Crippen molar-refractivity contribution < 1.29 is 13.0 Å². The lowest BCUT2D eigenvalue weighted by molar-refractivity contribution is 0.484. The summed E-state index contributed by atoms with van der Waals surface area (Å²) < 4.78 is 32.2. The third kappa shape index (κ3) is 2.54. The van der Waals surface area contributed by atoms with E-state index < -0.39 is 10.1 Å². The molecule has 0 saturated heterocycles. The molecule has 0 fully saturated rings. The van der Waals surface area contributed by atoms with Gasteiger partial charge in [-0.2, -0.15) is 8.42 Å². The molecule has 0 unspecified atom stereocenters. The molecule has 2 aromatic carbocycles. The molecule has 1 N–H and O–H groups in total. The van der Waals surface area contributed by atoms with Crippen molar-refractivity contribution in [1.82, 2.24) is 0 Å². The van der Waals surface area contributed by atoms with Crippen molar-refractivity contribution in [3.63, 3.8) is 0 Å². The van der Waals surface area contributed by atoms with Crippen LogP contribution in [0.3, 0.4) is 0 Å². The minimum absolute atomic E-state index is 0.00621. The molecule has 96 valence electrons. The zero-order valence-corrected chi connectivity index (χ0v) is 11.1. The van der Waals surface area contributed by atoms with Gasteiger partial charge in [0.25, 0.3) is 10.1 Å². The summed E-state index contributed by atoms with van der Waals surface area (Å²) in [6.07, 6.45) is 2.86. The fourth-order valence-electron chi connectivity index (χ4n) is 2.17. The Kier molecular flexibility index (Phi) is 3.68. The molecule has 0 bridgehead atoms. The maximum atomic E-state index is 11.4. The van der Waals surface area contributed by atoms with Crippen molar-refractivity contribution in [2.24, 2.45) is 0 Å². The van der Waals surface area contributed by atoms with Crippen molar-refractivity contribution in [2.75, 3.05) is 0 Å². The largest absolute Gasteiger partial charge is 0.295 e. The molecule has 18 heavy (non-hydrogen) atoms. The maximum Gasteiger partial charge on any atom is 0.295 e. The van der Waals surface area contributed by atoms with Crippen LogP contribution in [0.2, 0.25) is 0 Å². The lowest BCUT2D eigenvalue weighted by Gasteiger charge is -2.09. The molecule has 0 heterocycles. The lowest BCUT2D eigenvalue weighted by Crippen LogP contribution is -2.01. The van der Waals surface area contributed by atoms with E-state index in [9.17, 15) is 13.0 Å². The summed E-state index contributed by atoms with van der Waals surface area (Å²) in [4.78, 5) is 0.00621. The first kappa shape index (κ1) is 13.1. The first-order valence-corrected chi connectivity index (χ1v) is 7.46. The van der Waals surface area contributed by atoms with Crippen LogP contribution in [0.15, 0.2) is 41.3 Å². The highest BCUT2D eigenvalue weighted by Crippen LogP contribution is 2.27. The first-order valence-electron chi connectivity index (χ1n) is 6.02. The summed E-state index contributed by atoms with van der Waals surface area (Å²) in [6, 6.07) is 10.7. The minimum atomic E-state index is -4.18. The van der Waals surface area contributed by atoms with E-state index in [4.69, 9.17) is 0 Å². The summed E-state index contributed by atoms with van der Waals surface area (Å²) >= 11 is 0. The summed E-state index contributed by atoms with van der Waals surface area (Å²) in [7, 11) is -4.18. The molecule has 2 aromatic rings. The lowest BCUT2D eigenvalue weighted by atomic mass is 10.0. The number of fused-ring (bicyclic) bond motifs is 1. The zero-order chi connectivity index (χ0) is 13.2. The van der Waals surface area contributed by atoms with E-state index in [0.717, 1.165) is 30.2 Å². The van der Waals surface area contributed by atoms with Crippen molar-refractivity contribution in [3.05, 3.63) is 42.0 Å². The third-order valence-electron chi connectivity index (χ3n) is 3.03. The normalized spacial score (nSPS) is 11.9. The Hall–Kier alpha value is -1.39. The van der Waals surface area contributed by atoms with Gasteiger partial charge in [-0.05, 0) is 29.9 Å². The highest BCUT2D eigenvalue weighted by atomic mass is 32.2. The Morgan fingerprint density at radius 1 is 1.11 bits per heavy atom. The smallest absolute Gasteiger partial charge is 0.282 e. The number of benzene rings is 2. The molecule has 0 aromatic heterocycles. The van der Waals surface area contributed by atoms with Gasteiger partial charge in [-0.3, -0.25) is 4.55 Å². The Labute approximate surface area is 107 Å². The zero-order valence-electron chi connectivity index (χ0n) is 10.3. The van der Waals surface area contributed by atoms with E-state index in [-0.39, 0.29) is 4.90 Å². The van der Waals surface area contributed by atoms with Gasteiger partial charge in [0.05, 0.1) is 0 Å². The second kappa shape index (κ2) is 5.08. The molecule has 0 atom stereocenters. The van der Waals surface area contributed by atoms with Gasteiger partial charge >= 0.3 is 0 Å². The van der Waals surface area contributed by atoms with Crippen molar-refractivity contribution in [2.45, 2.75) is 31.1 Å². The van der Waals surface area contributed by atoms with Gasteiger partial charge in [0.1, 0.15) is 4.90 Å². The Balaban J connectivity index is 2.72. The van der Waals surface area contributed by atoms with Crippen LogP contribution in [-0.2, 0) is 16.5 Å². The van der Waals surface area contributed by atoms with Crippen LogP contribution < -0.4 is 0 Å². The molecule has 0 saturated carbocycles. The van der Waals surface area contributed by atoms with Crippen LogP contribution in [0.1, 0.15) is 25.3 Å². The van der Waals surface area contributed by atoms with Gasteiger partial charge in [0.2, 0.25) is 0 Å². The predicted molar refractivity (Wildman–Crippen MR) is 72.4 cm³/mol. The van der Waals surface area contributed by atoms with Gasteiger partial charge in [-0.1, -0.05) is 43.7 Å². The van der Waals surface area contributed by atoms with E-state index >= 15 is 0 Å². The predicted octanol–water partition coefficient (Wildman–Crippen LogP) is 3.43. The molecule has 0 aliphatic heterocycles. The number of hydrogen-bond donors (Lipinski definition) is 1. The number of rotatable bonds is 4. The molecule has 2 rings (SSSR count). The van der Waals surface area contributed by atoms with Gasteiger partial charge < -0.3 is 0 Å². The third-order valence-corrected chi connectivity index (χ3v) is 3.93. The molecular weight excluding hydrogens is 248 g/mol. The Morgan fingerprint density at radius 2 is 1.78 bits per heavy atom. The highest BCUT2D eigenvalue weighted by Gasteiger charge is 2.15. The van der Waals surface area contributed by atoms with Crippen LogP contribution in [0.4, 0.5) is 0 Å². The van der Waals surface area contributed by atoms with E-state index in [1.807, 2.05) is 24.3 Å². The standard InChI is InChI=1S/C14H16O3S/c1-2-3-6-11-7-4-8-12-9-5-10-13(14(11)12)18(15,16)17/h4-5,7-10H,2-3,6H2,1H3,(H,15,16,17). The fourth-order valence-corrected chi connectivity index (χ4v) is 2.93. The van der Waals surface area contributed by atoms with Gasteiger partial charge in [0.15, 0.2) is 0 Å². The van der Waals surface area contributed by atoms with Crippen molar-refractivity contribution >= 4 is 20.9 Å². The van der Waals surface area contributed by atoms with E-state index in [1.165, 1.54) is 6.07 Å². The van der Waals surface area contributed by atoms with Crippen LogP contribution in [0.25, 0.3) is 10.8 Å². The van der Waals surface area contributed by atoms with E-state index in [0.29, 0.717) is 5.39 Å². The number of aryl methyl sites for hydroxylation is 1. The molecule has 0 radical (unpaired) electrons. The molecule has 4 heteroatoms. The van der Waals surface area contributed by atoms with Gasteiger partial charge in [0, 0.05) is 5.39 Å². The maximum absolute atomic E-state index is 11.4. The Morgan fingerprint density at radius 3 is 2.39 bits per heavy atom. The average molecular weight is 264 g/mol. The van der Waals surface area contributed by atoms with E-state index in [1.54, 1.807) is 6.07 Å². The average Bonchev–Trinajstić information content (AvgIpc) is 2.34. The quantitative estimate of drug-likeness (QED) is 0.861. The molecular formula is C14H16O3S. The van der Waals surface area contributed by atoms with Crippen LogP contribution in [0.5, 0.6) is 0 Å². The molecule has 0 spiro atoms. The van der Waals surface area contributed by atoms with Crippen molar-refractivity contribution in [1.29, 1.82) is 0 Å². The number of unbranched alkanes of at least 4 members (excludes halogenated alkanes) is 1. The summed E-state index contributed by atoms with van der Waals surface area (Å²) in [5, 5.41) is 1.50. The van der Waals surface area contributed by atoms with Crippen molar-refractivity contribution in [3.8, 4) is 0 Å². The van der Waals surface area contributed by atoms with Gasteiger partial charge in [-0.25, -0.2) is 0 Å².